The van der Waals surface area contributed by atoms with E-state index < -0.39 is 0 Å². The summed E-state index contributed by atoms with van der Waals surface area (Å²) in [6.45, 7) is 8.69. The number of ether oxygens (including phenoxy) is 1. The lowest BCUT2D eigenvalue weighted by atomic mass is 9.79. The molecule has 2 aromatic carbocycles. The highest BCUT2D eigenvalue weighted by Crippen LogP contribution is 2.31. The third-order valence-electron chi connectivity index (χ3n) is 3.92. The van der Waals surface area contributed by atoms with Gasteiger partial charge in [0.2, 0.25) is 0 Å². The zero-order valence-corrected chi connectivity index (χ0v) is 14.6. The van der Waals surface area contributed by atoms with Crippen molar-refractivity contribution in [3.63, 3.8) is 0 Å². The highest BCUT2D eigenvalue weighted by molar-refractivity contribution is 5.92. The summed E-state index contributed by atoms with van der Waals surface area (Å²) in [6, 6.07) is 16.4. The summed E-state index contributed by atoms with van der Waals surface area (Å²) in [7, 11) is 0. The second-order valence-corrected chi connectivity index (χ2v) is 6.80. The van der Waals surface area contributed by atoms with Crippen molar-refractivity contribution in [2.45, 2.75) is 46.0 Å². The van der Waals surface area contributed by atoms with Gasteiger partial charge in [0.25, 0.3) is 0 Å². The highest BCUT2D eigenvalue weighted by Gasteiger charge is 2.25. The lowest BCUT2D eigenvalue weighted by Gasteiger charge is -2.26. The molecule has 0 aliphatic carbocycles. The van der Waals surface area contributed by atoms with Crippen LogP contribution in [-0.2, 0) is 23.0 Å². The van der Waals surface area contributed by atoms with E-state index in [4.69, 9.17) is 4.74 Å². The summed E-state index contributed by atoms with van der Waals surface area (Å²) in [5, 5.41) is 0. The molecule has 0 unspecified atom stereocenters. The van der Waals surface area contributed by atoms with Crippen LogP contribution in [0.15, 0.2) is 48.5 Å². The molecule has 0 fully saturated rings. The van der Waals surface area contributed by atoms with Crippen LogP contribution in [0.2, 0.25) is 0 Å². The summed E-state index contributed by atoms with van der Waals surface area (Å²) in [5.41, 5.74) is 4.25. The number of aryl methyl sites for hydroxylation is 2. The van der Waals surface area contributed by atoms with Gasteiger partial charge in [0, 0.05) is 0 Å². The van der Waals surface area contributed by atoms with E-state index in [9.17, 15) is 4.79 Å². The molecule has 2 heteroatoms. The number of rotatable bonds is 5. The van der Waals surface area contributed by atoms with Crippen molar-refractivity contribution >= 4 is 5.97 Å². The van der Waals surface area contributed by atoms with Gasteiger partial charge in [-0.2, -0.15) is 0 Å². The van der Waals surface area contributed by atoms with Crippen LogP contribution in [0.25, 0.3) is 0 Å². The molecule has 2 rings (SSSR count). The Hall–Kier alpha value is -2.09. The van der Waals surface area contributed by atoms with Crippen molar-refractivity contribution in [3.05, 3.63) is 70.8 Å². The summed E-state index contributed by atoms with van der Waals surface area (Å²) >= 11 is 0. The Balaban J connectivity index is 2.35. The summed E-state index contributed by atoms with van der Waals surface area (Å²) in [6.07, 6.45) is 1.89. The van der Waals surface area contributed by atoms with Crippen molar-refractivity contribution in [2.24, 2.45) is 0 Å². The molecule has 0 heterocycles. The van der Waals surface area contributed by atoms with Gasteiger partial charge in [-0.25, -0.2) is 4.79 Å². The SMILES string of the molecule is CCOC(=O)c1cccc(CCc2ccccc2)c1C(C)(C)C. The monoisotopic (exact) mass is 310 g/mol. The fraction of sp³-hybridized carbons (Fsp3) is 0.381. The molecule has 0 saturated carbocycles. The average molecular weight is 310 g/mol. The third kappa shape index (κ3) is 4.44. The Morgan fingerprint density at radius 3 is 2.26 bits per heavy atom. The molecule has 0 saturated heterocycles. The van der Waals surface area contributed by atoms with Crippen molar-refractivity contribution in [2.75, 3.05) is 6.61 Å². The van der Waals surface area contributed by atoms with Crippen molar-refractivity contribution in [1.29, 1.82) is 0 Å². The second kappa shape index (κ2) is 7.45. The molecule has 0 spiro atoms. The molecule has 0 N–H and O–H groups in total. The molecule has 0 aliphatic heterocycles. The first-order valence-corrected chi connectivity index (χ1v) is 8.27. The Morgan fingerprint density at radius 1 is 0.957 bits per heavy atom. The van der Waals surface area contributed by atoms with Crippen molar-refractivity contribution < 1.29 is 9.53 Å². The van der Waals surface area contributed by atoms with Gasteiger partial charge in [-0.3, -0.25) is 0 Å². The maximum absolute atomic E-state index is 12.3. The molecular formula is C21H26O2. The van der Waals surface area contributed by atoms with Crippen LogP contribution in [0.5, 0.6) is 0 Å². The Labute approximate surface area is 139 Å². The molecule has 0 atom stereocenters. The Morgan fingerprint density at radius 2 is 1.65 bits per heavy atom. The van der Waals surface area contributed by atoms with E-state index in [1.54, 1.807) is 0 Å². The summed E-state index contributed by atoms with van der Waals surface area (Å²) in [4.78, 5) is 12.3. The van der Waals surface area contributed by atoms with Gasteiger partial charge in [0.1, 0.15) is 0 Å². The Kier molecular flexibility index (Phi) is 5.59. The molecule has 0 radical (unpaired) electrons. The first kappa shape index (κ1) is 17.3. The largest absolute Gasteiger partial charge is 0.462 e. The average Bonchev–Trinajstić information content (AvgIpc) is 2.53. The first-order valence-electron chi connectivity index (χ1n) is 8.27. The van der Waals surface area contributed by atoms with Crippen LogP contribution < -0.4 is 0 Å². The quantitative estimate of drug-likeness (QED) is 0.731. The van der Waals surface area contributed by atoms with Crippen LogP contribution in [0.3, 0.4) is 0 Å². The van der Waals surface area contributed by atoms with Crippen LogP contribution in [-0.4, -0.2) is 12.6 Å². The topological polar surface area (TPSA) is 26.3 Å². The number of hydrogen-bond donors (Lipinski definition) is 0. The van der Waals surface area contributed by atoms with Crippen molar-refractivity contribution in [1.82, 2.24) is 0 Å². The lowest BCUT2D eigenvalue weighted by Crippen LogP contribution is -2.21. The van der Waals surface area contributed by atoms with Crippen molar-refractivity contribution in [3.8, 4) is 0 Å². The van der Waals surface area contributed by atoms with Crippen LogP contribution in [0.4, 0.5) is 0 Å². The maximum Gasteiger partial charge on any atom is 0.338 e. The van der Waals surface area contributed by atoms with E-state index in [1.165, 1.54) is 11.1 Å². The standard InChI is InChI=1S/C21H26O2/c1-5-23-20(22)18-13-9-12-17(19(18)21(2,3)4)15-14-16-10-7-6-8-11-16/h6-13H,5,14-15H2,1-4H3. The van der Waals surface area contributed by atoms with Gasteiger partial charge in [0.05, 0.1) is 12.2 Å². The van der Waals surface area contributed by atoms with Crippen LogP contribution in [0.1, 0.15) is 54.7 Å². The number of carbonyl (C=O) groups excluding carboxylic acids is 1. The lowest BCUT2D eigenvalue weighted by molar-refractivity contribution is 0.0523. The predicted octanol–water partition coefficient (Wildman–Crippen LogP) is 4.95. The van der Waals surface area contributed by atoms with Crippen LogP contribution in [0, 0.1) is 0 Å². The molecule has 0 amide bonds. The van der Waals surface area contributed by atoms with E-state index in [-0.39, 0.29) is 11.4 Å². The molecular weight excluding hydrogens is 284 g/mol. The molecule has 2 nitrogen and oxygen atoms in total. The molecule has 23 heavy (non-hydrogen) atoms. The number of hydrogen-bond acceptors (Lipinski definition) is 2. The van der Waals surface area contributed by atoms with Gasteiger partial charge in [-0.1, -0.05) is 63.2 Å². The molecule has 122 valence electrons. The smallest absolute Gasteiger partial charge is 0.338 e. The zero-order chi connectivity index (χ0) is 16.9. The normalized spacial score (nSPS) is 11.3. The van der Waals surface area contributed by atoms with Gasteiger partial charge < -0.3 is 4.74 Å². The van der Waals surface area contributed by atoms with Gasteiger partial charge in [0.15, 0.2) is 0 Å². The summed E-state index contributed by atoms with van der Waals surface area (Å²) in [5.74, 6) is -0.223. The third-order valence-corrected chi connectivity index (χ3v) is 3.92. The van der Waals surface area contributed by atoms with E-state index in [0.717, 1.165) is 18.4 Å². The minimum absolute atomic E-state index is 0.102. The summed E-state index contributed by atoms with van der Waals surface area (Å²) < 4.78 is 5.24. The first-order chi connectivity index (χ1) is 10.9. The minimum Gasteiger partial charge on any atom is -0.462 e. The maximum atomic E-state index is 12.3. The van der Waals surface area contributed by atoms with Gasteiger partial charge in [-0.15, -0.1) is 0 Å². The fourth-order valence-corrected chi connectivity index (χ4v) is 3.00. The fourth-order valence-electron chi connectivity index (χ4n) is 3.00. The number of carbonyl (C=O) groups is 1. The van der Waals surface area contributed by atoms with Crippen LogP contribution >= 0.6 is 0 Å². The molecule has 2 aromatic rings. The molecule has 0 aliphatic rings. The minimum atomic E-state index is -0.223. The van der Waals surface area contributed by atoms with E-state index in [1.807, 2.05) is 25.1 Å². The highest BCUT2D eigenvalue weighted by atomic mass is 16.5. The van der Waals surface area contributed by atoms with Gasteiger partial charge >= 0.3 is 5.97 Å². The number of esters is 1. The van der Waals surface area contributed by atoms with Gasteiger partial charge in [-0.05, 0) is 47.9 Å². The zero-order valence-electron chi connectivity index (χ0n) is 14.6. The number of benzene rings is 2. The second-order valence-electron chi connectivity index (χ2n) is 6.80. The van der Waals surface area contributed by atoms with E-state index in [0.29, 0.717) is 12.2 Å². The van der Waals surface area contributed by atoms with E-state index >= 15 is 0 Å². The van der Waals surface area contributed by atoms with E-state index in [2.05, 4.69) is 51.1 Å². The molecule has 0 bridgehead atoms. The predicted molar refractivity (Wildman–Crippen MR) is 94.9 cm³/mol. The Bertz CT molecular complexity index is 651. The molecule has 0 aromatic heterocycles.